The van der Waals surface area contributed by atoms with Crippen LogP contribution >= 0.6 is 0 Å². The van der Waals surface area contributed by atoms with Crippen LogP contribution in [0.5, 0.6) is 0 Å². The van der Waals surface area contributed by atoms with E-state index >= 15 is 0 Å². The van der Waals surface area contributed by atoms with Crippen LogP contribution in [-0.4, -0.2) is 27.4 Å². The third-order valence-corrected chi connectivity index (χ3v) is 4.39. The minimum Gasteiger partial charge on any atom is -0.361 e. The highest BCUT2D eigenvalue weighted by Gasteiger charge is 2.10. The Bertz CT molecular complexity index is 1120. The van der Waals surface area contributed by atoms with Crippen LogP contribution in [-0.2, 0) is 6.42 Å². The number of hydrogen-bond acceptors (Lipinski definition) is 4. The molecule has 3 N–H and O–H groups in total. The molecular weight excluding hydrogens is 357 g/mol. The third kappa shape index (κ3) is 3.83. The maximum absolute atomic E-state index is 13.8. The predicted octanol–water partition coefficient (Wildman–Crippen LogP) is 3.81. The summed E-state index contributed by atoms with van der Waals surface area (Å²) in [4.78, 5) is 23.7. The van der Waals surface area contributed by atoms with Gasteiger partial charge >= 0.3 is 0 Å². The van der Waals surface area contributed by atoms with E-state index in [4.69, 9.17) is 0 Å². The summed E-state index contributed by atoms with van der Waals surface area (Å²) in [6.07, 6.45) is 3.93. The Morgan fingerprint density at radius 1 is 1.07 bits per heavy atom. The summed E-state index contributed by atoms with van der Waals surface area (Å²) >= 11 is 0. The highest BCUT2D eigenvalue weighted by Crippen LogP contribution is 2.19. The number of aromatic nitrogens is 3. The highest BCUT2D eigenvalue weighted by molar-refractivity contribution is 5.93. The van der Waals surface area contributed by atoms with Gasteiger partial charge in [-0.15, -0.1) is 0 Å². The molecule has 7 heteroatoms. The van der Waals surface area contributed by atoms with Gasteiger partial charge in [0.25, 0.3) is 5.91 Å². The number of amides is 1. The molecule has 2 aromatic heterocycles. The van der Waals surface area contributed by atoms with E-state index in [1.54, 1.807) is 18.2 Å². The number of carbonyl (C=O) groups is 1. The number of nitrogens with zero attached hydrogens (tertiary/aromatic N) is 2. The fourth-order valence-corrected chi connectivity index (χ4v) is 2.99. The zero-order valence-corrected chi connectivity index (χ0v) is 14.9. The van der Waals surface area contributed by atoms with E-state index in [0.29, 0.717) is 18.8 Å². The van der Waals surface area contributed by atoms with Crippen LogP contribution in [0.1, 0.15) is 16.1 Å². The van der Waals surface area contributed by atoms with Crippen molar-refractivity contribution in [2.45, 2.75) is 6.42 Å². The quantitative estimate of drug-likeness (QED) is 0.479. The van der Waals surface area contributed by atoms with Gasteiger partial charge in [0.05, 0.1) is 5.69 Å². The van der Waals surface area contributed by atoms with Crippen LogP contribution in [0.4, 0.5) is 15.9 Å². The largest absolute Gasteiger partial charge is 0.361 e. The van der Waals surface area contributed by atoms with Gasteiger partial charge in [0, 0.05) is 29.7 Å². The van der Waals surface area contributed by atoms with E-state index in [1.807, 2.05) is 30.5 Å². The van der Waals surface area contributed by atoms with Crippen molar-refractivity contribution in [3.8, 4) is 0 Å². The summed E-state index contributed by atoms with van der Waals surface area (Å²) in [7, 11) is 0. The van der Waals surface area contributed by atoms with Crippen LogP contribution in [0.2, 0.25) is 0 Å². The number of hydrogen-bond donors (Lipinski definition) is 3. The van der Waals surface area contributed by atoms with E-state index in [9.17, 15) is 9.18 Å². The van der Waals surface area contributed by atoms with Crippen molar-refractivity contribution in [3.05, 3.63) is 84.2 Å². The molecule has 0 spiro atoms. The lowest BCUT2D eigenvalue weighted by molar-refractivity contribution is 0.0949. The third-order valence-electron chi connectivity index (χ3n) is 4.39. The number of nitrogens with one attached hydrogen (secondary N) is 3. The van der Waals surface area contributed by atoms with E-state index in [1.165, 1.54) is 18.5 Å². The lowest BCUT2D eigenvalue weighted by Crippen LogP contribution is -2.26. The summed E-state index contributed by atoms with van der Waals surface area (Å²) in [6, 6.07) is 15.8. The molecule has 140 valence electrons. The van der Waals surface area contributed by atoms with Crippen molar-refractivity contribution < 1.29 is 9.18 Å². The molecule has 28 heavy (non-hydrogen) atoms. The number of rotatable bonds is 6. The van der Waals surface area contributed by atoms with Crippen molar-refractivity contribution in [2.24, 2.45) is 0 Å². The minimum atomic E-state index is -0.397. The van der Waals surface area contributed by atoms with Gasteiger partial charge in [-0.05, 0) is 30.2 Å². The maximum atomic E-state index is 13.8. The molecule has 6 nitrogen and oxygen atoms in total. The molecule has 1 amide bonds. The SMILES string of the molecule is O=C(NCCc1c[nH]c2ccccc12)c1cc(Nc2ccccc2F)ncn1. The number of H-pyrrole nitrogens is 1. The summed E-state index contributed by atoms with van der Waals surface area (Å²) in [5, 5.41) is 6.86. The number of benzene rings is 2. The number of carbonyl (C=O) groups excluding carboxylic acids is 1. The van der Waals surface area contributed by atoms with Gasteiger partial charge < -0.3 is 15.6 Å². The van der Waals surface area contributed by atoms with Gasteiger partial charge in [-0.1, -0.05) is 30.3 Å². The first-order chi connectivity index (χ1) is 13.7. The van der Waals surface area contributed by atoms with Crippen molar-refractivity contribution in [3.63, 3.8) is 0 Å². The fourth-order valence-electron chi connectivity index (χ4n) is 2.99. The monoisotopic (exact) mass is 375 g/mol. The Balaban J connectivity index is 1.39. The second-order valence-electron chi connectivity index (χ2n) is 6.26. The molecular formula is C21H18FN5O. The average molecular weight is 375 g/mol. The van der Waals surface area contributed by atoms with Crippen LogP contribution in [0, 0.1) is 5.82 Å². The van der Waals surface area contributed by atoms with Crippen molar-refractivity contribution in [1.29, 1.82) is 0 Å². The topological polar surface area (TPSA) is 82.7 Å². The molecule has 0 fully saturated rings. The summed E-state index contributed by atoms with van der Waals surface area (Å²) < 4.78 is 13.8. The number of para-hydroxylation sites is 2. The predicted molar refractivity (Wildman–Crippen MR) is 106 cm³/mol. The highest BCUT2D eigenvalue weighted by atomic mass is 19.1. The van der Waals surface area contributed by atoms with E-state index in [2.05, 4.69) is 25.6 Å². The Morgan fingerprint density at radius 3 is 2.79 bits per heavy atom. The molecule has 0 saturated heterocycles. The molecule has 0 saturated carbocycles. The zero-order chi connectivity index (χ0) is 19.3. The van der Waals surface area contributed by atoms with E-state index in [-0.39, 0.29) is 17.3 Å². The second kappa shape index (κ2) is 7.87. The van der Waals surface area contributed by atoms with Gasteiger partial charge in [-0.2, -0.15) is 0 Å². The number of aromatic amines is 1. The van der Waals surface area contributed by atoms with Crippen LogP contribution in [0.15, 0.2) is 67.1 Å². The van der Waals surface area contributed by atoms with Gasteiger partial charge in [0.1, 0.15) is 23.7 Å². The van der Waals surface area contributed by atoms with E-state index < -0.39 is 5.82 Å². The Kier molecular flexibility index (Phi) is 4.97. The van der Waals surface area contributed by atoms with Crippen LogP contribution < -0.4 is 10.6 Å². The van der Waals surface area contributed by atoms with Crippen LogP contribution in [0.25, 0.3) is 10.9 Å². The standard InChI is InChI=1S/C21H18FN5O/c22-16-6-2-4-8-18(16)27-20-11-19(25-13-26-20)21(28)23-10-9-14-12-24-17-7-3-1-5-15(14)17/h1-8,11-13,24H,9-10H2,(H,23,28)(H,25,26,27). The van der Waals surface area contributed by atoms with Crippen LogP contribution in [0.3, 0.4) is 0 Å². The number of halogens is 1. The summed E-state index contributed by atoms with van der Waals surface area (Å²) in [5.74, 6) is -0.355. The molecule has 0 aliphatic rings. The lowest BCUT2D eigenvalue weighted by atomic mass is 10.1. The van der Waals surface area contributed by atoms with Crippen molar-refractivity contribution in [1.82, 2.24) is 20.3 Å². The molecule has 2 aromatic carbocycles. The molecule has 0 aliphatic carbocycles. The van der Waals surface area contributed by atoms with Gasteiger partial charge in [0.15, 0.2) is 0 Å². The molecule has 4 aromatic rings. The first-order valence-corrected chi connectivity index (χ1v) is 8.87. The smallest absolute Gasteiger partial charge is 0.270 e. The van der Waals surface area contributed by atoms with Gasteiger partial charge in [-0.25, -0.2) is 14.4 Å². The summed E-state index contributed by atoms with van der Waals surface area (Å²) in [6.45, 7) is 0.473. The van der Waals surface area contributed by atoms with Gasteiger partial charge in [-0.3, -0.25) is 4.79 Å². The Labute approximate surface area is 160 Å². The molecule has 0 aliphatic heterocycles. The van der Waals surface area contributed by atoms with E-state index in [0.717, 1.165) is 16.5 Å². The summed E-state index contributed by atoms with van der Waals surface area (Å²) in [5.41, 5.74) is 2.71. The van der Waals surface area contributed by atoms with Crippen molar-refractivity contribution in [2.75, 3.05) is 11.9 Å². The Hall–Kier alpha value is -3.74. The minimum absolute atomic E-state index is 0.216. The normalized spacial score (nSPS) is 10.8. The zero-order valence-electron chi connectivity index (χ0n) is 14.9. The number of anilines is 2. The molecule has 4 rings (SSSR count). The molecule has 0 atom stereocenters. The molecule has 0 unspecified atom stereocenters. The second-order valence-corrected chi connectivity index (χ2v) is 6.26. The fraction of sp³-hybridized carbons (Fsp3) is 0.0952. The molecule has 0 bridgehead atoms. The first kappa shape index (κ1) is 17.7. The molecule has 2 heterocycles. The lowest BCUT2D eigenvalue weighted by Gasteiger charge is -2.08. The number of fused-ring (bicyclic) bond motifs is 1. The van der Waals surface area contributed by atoms with Crippen molar-refractivity contribution >= 4 is 28.3 Å². The maximum Gasteiger partial charge on any atom is 0.270 e. The first-order valence-electron chi connectivity index (χ1n) is 8.87. The molecule has 0 radical (unpaired) electrons. The Morgan fingerprint density at radius 2 is 1.89 bits per heavy atom. The average Bonchev–Trinajstić information content (AvgIpc) is 3.13. The van der Waals surface area contributed by atoms with Gasteiger partial charge in [0.2, 0.25) is 0 Å².